The van der Waals surface area contributed by atoms with Gasteiger partial charge in [0.15, 0.2) is 0 Å². The van der Waals surface area contributed by atoms with Crippen molar-refractivity contribution in [2.75, 3.05) is 11.9 Å². The van der Waals surface area contributed by atoms with Crippen LogP contribution in [0.3, 0.4) is 0 Å². The molecule has 1 aromatic heterocycles. The first-order chi connectivity index (χ1) is 13.5. The quantitative estimate of drug-likeness (QED) is 0.561. The van der Waals surface area contributed by atoms with Gasteiger partial charge in [-0.05, 0) is 60.7 Å². The van der Waals surface area contributed by atoms with Gasteiger partial charge in [-0.2, -0.15) is 0 Å². The number of nitrogens with zero attached hydrogens (tertiary/aromatic N) is 1. The van der Waals surface area contributed by atoms with Crippen molar-refractivity contribution in [2.45, 2.75) is 0 Å². The molecule has 142 valence electrons. The van der Waals surface area contributed by atoms with Gasteiger partial charge in [0.2, 0.25) is 11.8 Å². The molecule has 3 rings (SSSR count). The molecule has 0 bridgehead atoms. The molecule has 0 fully saturated rings. The number of aromatic nitrogens is 1. The van der Waals surface area contributed by atoms with Crippen LogP contribution in [-0.4, -0.2) is 23.3 Å². The lowest BCUT2D eigenvalue weighted by Gasteiger charge is -2.11. The highest BCUT2D eigenvalue weighted by Crippen LogP contribution is 2.24. The summed E-state index contributed by atoms with van der Waals surface area (Å²) in [5, 5.41) is 5.80. The van der Waals surface area contributed by atoms with Crippen molar-refractivity contribution >= 4 is 45.0 Å². The molecule has 0 unspecified atom stereocenters. The Balaban J connectivity index is 1.61. The Labute approximate surface area is 175 Å². The number of hydrogen-bond donors (Lipinski definition) is 2. The van der Waals surface area contributed by atoms with Crippen LogP contribution in [0.2, 0.25) is 5.02 Å². The minimum absolute atomic E-state index is 0.153. The number of nitrogens with one attached hydrogen (secondary N) is 2. The van der Waals surface area contributed by atoms with E-state index < -0.39 is 5.91 Å². The third-order valence-corrected chi connectivity index (χ3v) is 4.36. The van der Waals surface area contributed by atoms with Gasteiger partial charge in [0.05, 0.1) is 6.54 Å². The fourth-order valence-electron chi connectivity index (χ4n) is 2.25. The van der Waals surface area contributed by atoms with Crippen molar-refractivity contribution in [2.24, 2.45) is 0 Å². The van der Waals surface area contributed by atoms with Crippen molar-refractivity contribution in [3.8, 4) is 11.6 Å². The molecule has 3 aromatic rings. The molecular weight excluding hydrogens is 446 g/mol. The van der Waals surface area contributed by atoms with Gasteiger partial charge in [0, 0.05) is 21.4 Å². The van der Waals surface area contributed by atoms with E-state index >= 15 is 0 Å². The van der Waals surface area contributed by atoms with Crippen LogP contribution < -0.4 is 15.4 Å². The average molecular weight is 461 g/mol. The largest absolute Gasteiger partial charge is 0.438 e. The van der Waals surface area contributed by atoms with E-state index in [-0.39, 0.29) is 23.9 Å². The molecule has 0 spiro atoms. The highest BCUT2D eigenvalue weighted by molar-refractivity contribution is 9.10. The summed E-state index contributed by atoms with van der Waals surface area (Å²) in [5.41, 5.74) is 0.814. The lowest BCUT2D eigenvalue weighted by atomic mass is 10.2. The number of carbonyl (C=O) groups excluding carboxylic acids is 2. The number of anilines is 1. The average Bonchev–Trinajstić information content (AvgIpc) is 2.70. The number of hydrogen-bond acceptors (Lipinski definition) is 4. The van der Waals surface area contributed by atoms with Gasteiger partial charge in [-0.25, -0.2) is 4.98 Å². The zero-order valence-electron chi connectivity index (χ0n) is 14.5. The Hall–Kier alpha value is -2.90. The molecule has 28 heavy (non-hydrogen) atoms. The summed E-state index contributed by atoms with van der Waals surface area (Å²) < 4.78 is 6.60. The van der Waals surface area contributed by atoms with Crippen molar-refractivity contribution in [3.05, 3.63) is 81.9 Å². The minimum atomic E-state index is -0.466. The van der Waals surface area contributed by atoms with Crippen LogP contribution in [0.1, 0.15) is 10.4 Å². The van der Waals surface area contributed by atoms with E-state index in [0.29, 0.717) is 16.5 Å². The SMILES string of the molecule is O=C(CNC(=O)c1cccnc1Oc1ccc(Br)cc1)Nc1ccc(Cl)cc1. The maximum Gasteiger partial charge on any atom is 0.257 e. The van der Waals surface area contributed by atoms with Crippen molar-refractivity contribution in [3.63, 3.8) is 0 Å². The van der Waals surface area contributed by atoms with E-state index in [1.165, 1.54) is 6.20 Å². The summed E-state index contributed by atoms with van der Waals surface area (Å²) in [6, 6.07) is 17.0. The van der Waals surface area contributed by atoms with Crippen LogP contribution in [0.15, 0.2) is 71.3 Å². The lowest BCUT2D eigenvalue weighted by Crippen LogP contribution is -2.33. The van der Waals surface area contributed by atoms with Crippen molar-refractivity contribution in [1.29, 1.82) is 0 Å². The fraction of sp³-hybridized carbons (Fsp3) is 0.0500. The number of amides is 2. The molecule has 0 radical (unpaired) electrons. The number of benzene rings is 2. The van der Waals surface area contributed by atoms with Gasteiger partial charge in [-0.1, -0.05) is 27.5 Å². The first-order valence-electron chi connectivity index (χ1n) is 8.23. The van der Waals surface area contributed by atoms with Gasteiger partial charge < -0.3 is 15.4 Å². The van der Waals surface area contributed by atoms with Crippen LogP contribution in [0.25, 0.3) is 0 Å². The van der Waals surface area contributed by atoms with Gasteiger partial charge in [0.25, 0.3) is 5.91 Å². The van der Waals surface area contributed by atoms with Crippen LogP contribution in [0, 0.1) is 0 Å². The second-order valence-corrected chi connectivity index (χ2v) is 7.00. The lowest BCUT2D eigenvalue weighted by molar-refractivity contribution is -0.115. The number of pyridine rings is 1. The molecule has 0 atom stereocenters. The summed E-state index contributed by atoms with van der Waals surface area (Å²) in [4.78, 5) is 28.6. The van der Waals surface area contributed by atoms with E-state index in [1.54, 1.807) is 48.5 Å². The number of ether oxygens (including phenoxy) is 1. The van der Waals surface area contributed by atoms with E-state index in [2.05, 4.69) is 31.5 Å². The molecular formula is C20H15BrClN3O3. The predicted molar refractivity (Wildman–Crippen MR) is 111 cm³/mol. The zero-order chi connectivity index (χ0) is 19.9. The normalized spacial score (nSPS) is 10.2. The number of rotatable bonds is 6. The summed E-state index contributed by atoms with van der Waals surface area (Å²) in [6.45, 7) is -0.200. The van der Waals surface area contributed by atoms with Crippen molar-refractivity contribution < 1.29 is 14.3 Å². The zero-order valence-corrected chi connectivity index (χ0v) is 16.8. The molecule has 0 saturated carbocycles. The molecule has 2 amide bonds. The van der Waals surface area contributed by atoms with E-state index in [9.17, 15) is 9.59 Å². The Bertz CT molecular complexity index is 979. The number of carbonyl (C=O) groups is 2. The van der Waals surface area contributed by atoms with E-state index in [1.807, 2.05) is 12.1 Å². The molecule has 1 heterocycles. The molecule has 2 aromatic carbocycles. The third kappa shape index (κ3) is 5.55. The van der Waals surface area contributed by atoms with Crippen LogP contribution in [0.4, 0.5) is 5.69 Å². The van der Waals surface area contributed by atoms with Gasteiger partial charge in [-0.3, -0.25) is 9.59 Å². The van der Waals surface area contributed by atoms with Gasteiger partial charge in [0.1, 0.15) is 11.3 Å². The summed E-state index contributed by atoms with van der Waals surface area (Å²) in [5.74, 6) is -0.140. The Morgan fingerprint density at radius 3 is 2.46 bits per heavy atom. The molecule has 0 saturated heterocycles. The second-order valence-electron chi connectivity index (χ2n) is 5.65. The first-order valence-corrected chi connectivity index (χ1v) is 9.40. The Morgan fingerprint density at radius 1 is 1.04 bits per heavy atom. The summed E-state index contributed by atoms with van der Waals surface area (Å²) in [6.07, 6.45) is 1.53. The fourth-order valence-corrected chi connectivity index (χ4v) is 2.64. The molecule has 0 aliphatic rings. The first kappa shape index (κ1) is 19.9. The van der Waals surface area contributed by atoms with Gasteiger partial charge in [-0.15, -0.1) is 0 Å². The van der Waals surface area contributed by atoms with Crippen LogP contribution in [0.5, 0.6) is 11.6 Å². The highest BCUT2D eigenvalue weighted by atomic mass is 79.9. The summed E-state index contributed by atoms with van der Waals surface area (Å²) in [7, 11) is 0. The highest BCUT2D eigenvalue weighted by Gasteiger charge is 2.15. The van der Waals surface area contributed by atoms with Gasteiger partial charge >= 0.3 is 0 Å². The maximum absolute atomic E-state index is 12.5. The standard InChI is InChI=1S/C20H15BrClN3O3/c21-13-3-9-16(10-4-13)28-20-17(2-1-11-23-20)19(27)24-12-18(26)25-15-7-5-14(22)6-8-15/h1-11H,12H2,(H,24,27)(H,25,26). The maximum atomic E-state index is 12.5. The smallest absolute Gasteiger partial charge is 0.257 e. The third-order valence-electron chi connectivity index (χ3n) is 3.58. The van der Waals surface area contributed by atoms with E-state index in [4.69, 9.17) is 16.3 Å². The van der Waals surface area contributed by atoms with E-state index in [0.717, 1.165) is 4.47 Å². The van der Waals surface area contributed by atoms with Crippen molar-refractivity contribution in [1.82, 2.24) is 10.3 Å². The van der Waals surface area contributed by atoms with Crippen LogP contribution in [-0.2, 0) is 4.79 Å². The number of halogens is 2. The van der Waals surface area contributed by atoms with Crippen LogP contribution >= 0.6 is 27.5 Å². The molecule has 2 N–H and O–H groups in total. The summed E-state index contributed by atoms with van der Waals surface area (Å²) >= 11 is 9.16. The Kier molecular flexibility index (Phi) is 6.62. The molecule has 0 aliphatic carbocycles. The molecule has 6 nitrogen and oxygen atoms in total. The molecule has 0 aliphatic heterocycles. The minimum Gasteiger partial charge on any atom is -0.438 e. The predicted octanol–water partition coefficient (Wildman–Crippen LogP) is 4.66. The Morgan fingerprint density at radius 2 is 1.75 bits per heavy atom. The second kappa shape index (κ2) is 9.34. The molecule has 8 heteroatoms. The topological polar surface area (TPSA) is 80.3 Å². The monoisotopic (exact) mass is 459 g/mol.